The summed E-state index contributed by atoms with van der Waals surface area (Å²) in [6, 6.07) is 7.01. The van der Waals surface area contributed by atoms with Gasteiger partial charge in [-0.05, 0) is 18.6 Å². The topological polar surface area (TPSA) is 76.0 Å². The number of rotatable bonds is 3. The average molecular weight is 245 g/mol. The lowest BCUT2D eigenvalue weighted by atomic mass is 9.90. The molecule has 0 fully saturated rings. The molecule has 0 heterocycles. The summed E-state index contributed by atoms with van der Waals surface area (Å²) in [5.41, 5.74) is 2.21. The number of fused-ring (bicyclic) bond motifs is 1. The first-order valence-electron chi connectivity index (χ1n) is 5.33. The van der Waals surface area contributed by atoms with Crippen molar-refractivity contribution in [3.05, 3.63) is 47.0 Å². The maximum atomic E-state index is 11.9. The van der Waals surface area contributed by atoms with Crippen LogP contribution in [0.25, 0.3) is 0 Å². The van der Waals surface area contributed by atoms with Crippen LogP contribution in [0, 0.1) is 0 Å². The molecule has 0 saturated heterocycles. The van der Waals surface area contributed by atoms with E-state index in [0.717, 1.165) is 0 Å². The minimum atomic E-state index is -1.10. The van der Waals surface area contributed by atoms with E-state index in [0.29, 0.717) is 22.4 Å². The van der Waals surface area contributed by atoms with Gasteiger partial charge in [-0.2, -0.15) is 0 Å². The Bertz CT molecular complexity index is 572. The molecule has 0 radical (unpaired) electrons. The summed E-state index contributed by atoms with van der Waals surface area (Å²) in [5, 5.41) is 12.2. The number of Topliss-reactive ketones (excluding diaryl/α,β-unsaturated/α-hetero) is 1. The number of ketones is 1. The van der Waals surface area contributed by atoms with Crippen LogP contribution in [0.2, 0.25) is 0 Å². The van der Waals surface area contributed by atoms with E-state index >= 15 is 0 Å². The van der Waals surface area contributed by atoms with Crippen molar-refractivity contribution >= 4 is 17.5 Å². The molecule has 0 saturated carbocycles. The number of aliphatic carboxylic acids is 1. The van der Waals surface area contributed by atoms with Gasteiger partial charge in [-0.25, -0.2) is 4.79 Å². The third kappa shape index (κ3) is 2.29. The zero-order chi connectivity index (χ0) is 13.1. The molecule has 1 N–H and O–H groups in total. The normalized spacial score (nSPS) is 16.2. The third-order valence-corrected chi connectivity index (χ3v) is 2.51. The SMILES string of the molecule is CC1=C/C(=N/OCC(=O)O)c2ccccc2C1=O. The number of nitrogens with zero attached hydrogens (tertiary/aromatic N) is 1. The molecule has 0 spiro atoms. The fourth-order valence-electron chi connectivity index (χ4n) is 1.70. The second-order valence-corrected chi connectivity index (χ2v) is 3.85. The molecular formula is C13H11NO4. The van der Waals surface area contributed by atoms with Crippen LogP contribution in [0.15, 0.2) is 41.1 Å². The predicted molar refractivity (Wildman–Crippen MR) is 64.7 cm³/mol. The van der Waals surface area contributed by atoms with Crippen LogP contribution < -0.4 is 0 Å². The van der Waals surface area contributed by atoms with Gasteiger partial charge in [-0.3, -0.25) is 4.79 Å². The monoisotopic (exact) mass is 245 g/mol. The van der Waals surface area contributed by atoms with Crippen molar-refractivity contribution in [3.63, 3.8) is 0 Å². The maximum Gasteiger partial charge on any atom is 0.344 e. The molecule has 5 nitrogen and oxygen atoms in total. The third-order valence-electron chi connectivity index (χ3n) is 2.51. The summed E-state index contributed by atoms with van der Waals surface area (Å²) < 4.78 is 0. The van der Waals surface area contributed by atoms with Gasteiger partial charge in [0.2, 0.25) is 6.61 Å². The fraction of sp³-hybridized carbons (Fsp3) is 0.154. The van der Waals surface area contributed by atoms with Gasteiger partial charge in [0.25, 0.3) is 0 Å². The van der Waals surface area contributed by atoms with Crippen molar-refractivity contribution in [2.24, 2.45) is 5.16 Å². The standard InChI is InChI=1S/C13H11NO4/c1-8-6-11(14-18-7-12(15)16)9-4-2-3-5-10(9)13(8)17/h2-6H,7H2,1H3,(H,15,16)/b14-11-. The Balaban J connectivity index is 2.36. The number of carboxylic acid groups (broad SMARTS) is 1. The Hall–Kier alpha value is -2.43. The van der Waals surface area contributed by atoms with Crippen LogP contribution >= 0.6 is 0 Å². The largest absolute Gasteiger partial charge is 0.479 e. The van der Waals surface area contributed by atoms with Crippen molar-refractivity contribution in [2.45, 2.75) is 6.92 Å². The van der Waals surface area contributed by atoms with Crippen molar-refractivity contribution in [1.29, 1.82) is 0 Å². The van der Waals surface area contributed by atoms with Gasteiger partial charge in [0.1, 0.15) is 5.71 Å². The zero-order valence-electron chi connectivity index (χ0n) is 9.71. The van der Waals surface area contributed by atoms with Crippen molar-refractivity contribution in [1.82, 2.24) is 0 Å². The van der Waals surface area contributed by atoms with E-state index in [9.17, 15) is 9.59 Å². The Morgan fingerprint density at radius 1 is 1.33 bits per heavy atom. The zero-order valence-corrected chi connectivity index (χ0v) is 9.71. The summed E-state index contributed by atoms with van der Waals surface area (Å²) in [6.45, 7) is 1.18. The molecule has 1 aliphatic rings. The number of carbonyl (C=O) groups excluding carboxylic acids is 1. The van der Waals surface area contributed by atoms with Crippen LogP contribution in [0.3, 0.4) is 0 Å². The highest BCUT2D eigenvalue weighted by Crippen LogP contribution is 2.21. The molecule has 1 aliphatic carbocycles. The van der Waals surface area contributed by atoms with Crippen LogP contribution in [0.4, 0.5) is 0 Å². The molecule has 5 heteroatoms. The molecule has 18 heavy (non-hydrogen) atoms. The number of carboxylic acids is 1. The Morgan fingerprint density at radius 3 is 2.67 bits per heavy atom. The number of hydrogen-bond acceptors (Lipinski definition) is 4. The first kappa shape index (κ1) is 12.0. The van der Waals surface area contributed by atoms with Gasteiger partial charge in [-0.15, -0.1) is 0 Å². The second-order valence-electron chi connectivity index (χ2n) is 3.85. The van der Waals surface area contributed by atoms with Gasteiger partial charge < -0.3 is 9.94 Å². The summed E-state index contributed by atoms with van der Waals surface area (Å²) in [5.74, 6) is -1.15. The molecule has 0 bridgehead atoms. The van der Waals surface area contributed by atoms with Gasteiger partial charge in [-0.1, -0.05) is 29.4 Å². The summed E-state index contributed by atoms with van der Waals surface area (Å²) >= 11 is 0. The lowest BCUT2D eigenvalue weighted by Gasteiger charge is -2.14. The summed E-state index contributed by atoms with van der Waals surface area (Å²) in [7, 11) is 0. The molecular weight excluding hydrogens is 234 g/mol. The van der Waals surface area contributed by atoms with E-state index < -0.39 is 12.6 Å². The highest BCUT2D eigenvalue weighted by atomic mass is 16.6. The highest BCUT2D eigenvalue weighted by molar-refractivity contribution is 6.25. The van der Waals surface area contributed by atoms with Gasteiger partial charge >= 0.3 is 5.97 Å². The number of carbonyl (C=O) groups is 2. The molecule has 1 aromatic rings. The van der Waals surface area contributed by atoms with Crippen molar-refractivity contribution in [2.75, 3.05) is 6.61 Å². The van der Waals surface area contributed by atoms with Gasteiger partial charge in [0.05, 0.1) is 0 Å². The maximum absolute atomic E-state index is 11.9. The summed E-state index contributed by atoms with van der Waals surface area (Å²) in [4.78, 5) is 26.9. The number of allylic oxidation sites excluding steroid dienone is 2. The molecule has 92 valence electrons. The number of hydrogen-bond donors (Lipinski definition) is 1. The second kappa shape index (κ2) is 4.83. The van der Waals surface area contributed by atoms with Crippen molar-refractivity contribution < 1.29 is 19.5 Å². The van der Waals surface area contributed by atoms with E-state index in [1.807, 2.05) is 0 Å². The number of benzene rings is 1. The molecule has 0 unspecified atom stereocenters. The van der Waals surface area contributed by atoms with Crippen LogP contribution in [0.1, 0.15) is 22.8 Å². The molecule has 0 aromatic heterocycles. The van der Waals surface area contributed by atoms with E-state index in [4.69, 9.17) is 9.94 Å². The fourth-order valence-corrected chi connectivity index (χ4v) is 1.70. The lowest BCUT2D eigenvalue weighted by Crippen LogP contribution is -2.16. The Kier molecular flexibility index (Phi) is 3.23. The Labute approximate surface area is 103 Å². The minimum absolute atomic E-state index is 0.0530. The molecule has 1 aromatic carbocycles. The van der Waals surface area contributed by atoms with Crippen LogP contribution in [-0.2, 0) is 9.63 Å². The van der Waals surface area contributed by atoms with E-state index in [1.165, 1.54) is 0 Å². The summed E-state index contributed by atoms with van der Waals surface area (Å²) in [6.07, 6.45) is 1.59. The molecule has 2 rings (SSSR count). The predicted octanol–water partition coefficient (Wildman–Crippen LogP) is 1.63. The number of oxime groups is 1. The van der Waals surface area contributed by atoms with Crippen LogP contribution in [-0.4, -0.2) is 29.2 Å². The van der Waals surface area contributed by atoms with E-state index in [2.05, 4.69) is 5.16 Å². The van der Waals surface area contributed by atoms with E-state index in [-0.39, 0.29) is 5.78 Å². The molecule has 0 atom stereocenters. The quantitative estimate of drug-likeness (QED) is 0.821. The van der Waals surface area contributed by atoms with E-state index in [1.54, 1.807) is 37.3 Å². The highest BCUT2D eigenvalue weighted by Gasteiger charge is 2.21. The first-order chi connectivity index (χ1) is 8.59. The van der Waals surface area contributed by atoms with Gasteiger partial charge in [0.15, 0.2) is 5.78 Å². The molecule has 0 aliphatic heterocycles. The lowest BCUT2D eigenvalue weighted by molar-refractivity contribution is -0.142. The van der Waals surface area contributed by atoms with Crippen LogP contribution in [0.5, 0.6) is 0 Å². The Morgan fingerprint density at radius 2 is 2.00 bits per heavy atom. The first-order valence-corrected chi connectivity index (χ1v) is 5.33. The van der Waals surface area contributed by atoms with Crippen molar-refractivity contribution in [3.8, 4) is 0 Å². The van der Waals surface area contributed by atoms with Gasteiger partial charge in [0, 0.05) is 11.1 Å². The molecule has 0 amide bonds. The minimum Gasteiger partial charge on any atom is -0.479 e. The smallest absolute Gasteiger partial charge is 0.344 e. The average Bonchev–Trinajstić information content (AvgIpc) is 2.35.